The lowest BCUT2D eigenvalue weighted by Crippen LogP contribution is -2.57. The van der Waals surface area contributed by atoms with Gasteiger partial charge in [0.2, 0.25) is 0 Å². The van der Waals surface area contributed by atoms with Crippen molar-refractivity contribution < 1.29 is 14.3 Å². The number of nitrogens with zero attached hydrogens (tertiary/aromatic N) is 3. The molecule has 2 rings (SSSR count). The molecule has 2 heterocycles. The fraction of sp³-hybridized carbons (Fsp3) is 0.538. The summed E-state index contributed by atoms with van der Waals surface area (Å²) in [6, 6.07) is 1.25. The van der Waals surface area contributed by atoms with E-state index in [1.807, 2.05) is 11.9 Å². The SMILES string of the molecule is CN1CCN(C(C)(C(=O)O)c2cncc(F)c2)CC1. The van der Waals surface area contributed by atoms with Crippen LogP contribution in [-0.2, 0) is 10.3 Å². The van der Waals surface area contributed by atoms with Gasteiger partial charge in [-0.25, -0.2) is 9.18 Å². The van der Waals surface area contributed by atoms with Crippen LogP contribution < -0.4 is 0 Å². The highest BCUT2D eigenvalue weighted by atomic mass is 19.1. The number of hydrogen-bond donors (Lipinski definition) is 1. The Morgan fingerprint density at radius 1 is 1.37 bits per heavy atom. The molecule has 0 bridgehead atoms. The molecule has 1 aromatic heterocycles. The van der Waals surface area contributed by atoms with Crippen LogP contribution in [0.5, 0.6) is 0 Å². The fourth-order valence-electron chi connectivity index (χ4n) is 2.37. The van der Waals surface area contributed by atoms with E-state index >= 15 is 0 Å². The Bertz CT molecular complexity index is 475. The Hall–Kier alpha value is -1.53. The van der Waals surface area contributed by atoms with Crippen molar-refractivity contribution in [1.82, 2.24) is 14.8 Å². The number of carboxylic acid groups (broad SMARTS) is 1. The number of rotatable bonds is 3. The fourth-order valence-corrected chi connectivity index (χ4v) is 2.37. The number of carbonyl (C=O) groups is 1. The van der Waals surface area contributed by atoms with Crippen molar-refractivity contribution in [3.05, 3.63) is 29.8 Å². The first-order valence-electron chi connectivity index (χ1n) is 6.22. The second-order valence-corrected chi connectivity index (χ2v) is 5.06. The average Bonchev–Trinajstić information content (AvgIpc) is 2.38. The van der Waals surface area contributed by atoms with E-state index in [4.69, 9.17) is 0 Å². The molecule has 19 heavy (non-hydrogen) atoms. The summed E-state index contributed by atoms with van der Waals surface area (Å²) in [6.07, 6.45) is 2.51. The van der Waals surface area contributed by atoms with Gasteiger partial charge in [0.25, 0.3) is 0 Å². The topological polar surface area (TPSA) is 56.7 Å². The van der Waals surface area contributed by atoms with Crippen molar-refractivity contribution in [1.29, 1.82) is 0 Å². The van der Waals surface area contributed by atoms with E-state index in [9.17, 15) is 14.3 Å². The Morgan fingerprint density at radius 2 is 2.00 bits per heavy atom. The summed E-state index contributed by atoms with van der Waals surface area (Å²) in [5.74, 6) is -1.50. The van der Waals surface area contributed by atoms with Crippen molar-refractivity contribution in [2.75, 3.05) is 33.2 Å². The Morgan fingerprint density at radius 3 is 2.53 bits per heavy atom. The summed E-state index contributed by atoms with van der Waals surface area (Å²) in [5.41, 5.74) is -0.861. The third kappa shape index (κ3) is 2.59. The zero-order valence-electron chi connectivity index (χ0n) is 11.1. The van der Waals surface area contributed by atoms with Crippen LogP contribution in [0.4, 0.5) is 4.39 Å². The summed E-state index contributed by atoms with van der Waals surface area (Å²) in [4.78, 5) is 19.5. The Labute approximate surface area is 111 Å². The van der Waals surface area contributed by atoms with E-state index in [-0.39, 0.29) is 0 Å². The van der Waals surface area contributed by atoms with Crippen LogP contribution in [-0.4, -0.2) is 59.1 Å². The van der Waals surface area contributed by atoms with Crippen LogP contribution in [0.3, 0.4) is 0 Å². The number of carboxylic acids is 1. The summed E-state index contributed by atoms with van der Waals surface area (Å²) < 4.78 is 13.3. The molecule has 1 aromatic rings. The van der Waals surface area contributed by atoms with Crippen molar-refractivity contribution in [2.24, 2.45) is 0 Å². The van der Waals surface area contributed by atoms with E-state index in [0.29, 0.717) is 18.7 Å². The summed E-state index contributed by atoms with van der Waals surface area (Å²) in [5, 5.41) is 9.59. The minimum Gasteiger partial charge on any atom is -0.480 e. The van der Waals surface area contributed by atoms with Gasteiger partial charge in [-0.2, -0.15) is 0 Å². The number of likely N-dealkylation sites (N-methyl/N-ethyl adjacent to an activating group) is 1. The van der Waals surface area contributed by atoms with E-state index in [2.05, 4.69) is 9.88 Å². The average molecular weight is 267 g/mol. The highest BCUT2D eigenvalue weighted by molar-refractivity contribution is 5.80. The largest absolute Gasteiger partial charge is 0.480 e. The van der Waals surface area contributed by atoms with Crippen LogP contribution in [0.15, 0.2) is 18.5 Å². The minimum absolute atomic E-state index is 0.379. The van der Waals surface area contributed by atoms with Gasteiger partial charge in [0.05, 0.1) is 6.20 Å². The summed E-state index contributed by atoms with van der Waals surface area (Å²) in [6.45, 7) is 4.47. The Balaban J connectivity index is 2.35. The Kier molecular flexibility index (Phi) is 3.82. The molecule has 1 unspecified atom stereocenters. The molecule has 1 aliphatic rings. The quantitative estimate of drug-likeness (QED) is 0.876. The van der Waals surface area contributed by atoms with Gasteiger partial charge < -0.3 is 10.0 Å². The zero-order valence-corrected chi connectivity index (χ0v) is 11.1. The molecule has 6 heteroatoms. The molecule has 1 saturated heterocycles. The molecule has 0 aliphatic carbocycles. The zero-order chi connectivity index (χ0) is 14.0. The van der Waals surface area contributed by atoms with Gasteiger partial charge >= 0.3 is 5.97 Å². The van der Waals surface area contributed by atoms with Crippen LogP contribution in [0.1, 0.15) is 12.5 Å². The van der Waals surface area contributed by atoms with Gasteiger partial charge in [0, 0.05) is 37.9 Å². The lowest BCUT2D eigenvalue weighted by molar-refractivity contribution is -0.152. The van der Waals surface area contributed by atoms with E-state index in [0.717, 1.165) is 19.3 Å². The van der Waals surface area contributed by atoms with Gasteiger partial charge in [-0.3, -0.25) is 9.88 Å². The van der Waals surface area contributed by atoms with Crippen molar-refractivity contribution in [3.8, 4) is 0 Å². The molecule has 0 amide bonds. The molecule has 0 saturated carbocycles. The highest BCUT2D eigenvalue weighted by Gasteiger charge is 2.42. The van der Waals surface area contributed by atoms with Gasteiger partial charge in [-0.1, -0.05) is 0 Å². The molecule has 0 spiro atoms. The van der Waals surface area contributed by atoms with Crippen LogP contribution in [0, 0.1) is 5.82 Å². The molecule has 0 aromatic carbocycles. The number of hydrogen-bond acceptors (Lipinski definition) is 4. The lowest BCUT2D eigenvalue weighted by Gasteiger charge is -2.42. The highest BCUT2D eigenvalue weighted by Crippen LogP contribution is 2.29. The molecule has 5 nitrogen and oxygen atoms in total. The van der Waals surface area contributed by atoms with Crippen molar-refractivity contribution in [3.63, 3.8) is 0 Å². The number of halogens is 1. The van der Waals surface area contributed by atoms with Gasteiger partial charge in [-0.15, -0.1) is 0 Å². The molecule has 1 atom stereocenters. The van der Waals surface area contributed by atoms with Crippen molar-refractivity contribution in [2.45, 2.75) is 12.5 Å². The summed E-state index contributed by atoms with van der Waals surface area (Å²) in [7, 11) is 2.00. The van der Waals surface area contributed by atoms with Gasteiger partial charge in [0.15, 0.2) is 0 Å². The third-order valence-electron chi connectivity index (χ3n) is 3.82. The number of pyridine rings is 1. The molecule has 0 radical (unpaired) electrons. The first-order valence-corrected chi connectivity index (χ1v) is 6.22. The second-order valence-electron chi connectivity index (χ2n) is 5.06. The maximum Gasteiger partial charge on any atom is 0.328 e. The van der Waals surface area contributed by atoms with Crippen LogP contribution in [0.2, 0.25) is 0 Å². The molecule has 104 valence electrons. The predicted octanol–water partition coefficient (Wildman–Crippen LogP) is 0.768. The molecular weight excluding hydrogens is 249 g/mol. The summed E-state index contributed by atoms with van der Waals surface area (Å²) >= 11 is 0. The molecule has 1 fully saturated rings. The van der Waals surface area contributed by atoms with Gasteiger partial charge in [0.1, 0.15) is 11.4 Å². The number of piperazine rings is 1. The monoisotopic (exact) mass is 267 g/mol. The van der Waals surface area contributed by atoms with E-state index in [1.54, 1.807) is 6.92 Å². The predicted molar refractivity (Wildman–Crippen MR) is 68.3 cm³/mol. The van der Waals surface area contributed by atoms with Crippen LogP contribution >= 0.6 is 0 Å². The first-order chi connectivity index (χ1) is 8.94. The number of aromatic nitrogens is 1. The smallest absolute Gasteiger partial charge is 0.328 e. The first kappa shape index (κ1) is 13.9. The normalized spacial score (nSPS) is 21.0. The third-order valence-corrected chi connectivity index (χ3v) is 3.82. The second kappa shape index (κ2) is 5.22. The van der Waals surface area contributed by atoms with E-state index < -0.39 is 17.3 Å². The molecule has 1 N–H and O–H groups in total. The maximum atomic E-state index is 13.3. The van der Waals surface area contributed by atoms with E-state index in [1.165, 1.54) is 12.3 Å². The lowest BCUT2D eigenvalue weighted by atomic mass is 9.90. The molecule has 1 aliphatic heterocycles. The standard InChI is InChI=1S/C13H18FN3O2/c1-13(12(18)19,10-7-11(14)9-15-8-10)17-5-3-16(2)4-6-17/h7-9H,3-6H2,1-2H3,(H,18,19). The maximum absolute atomic E-state index is 13.3. The number of aliphatic carboxylic acids is 1. The van der Waals surface area contributed by atoms with Gasteiger partial charge in [-0.05, 0) is 20.0 Å². The molecular formula is C13H18FN3O2. The minimum atomic E-state index is -1.24. The van der Waals surface area contributed by atoms with Crippen molar-refractivity contribution >= 4 is 5.97 Å². The van der Waals surface area contributed by atoms with Crippen LogP contribution in [0.25, 0.3) is 0 Å².